The van der Waals surface area contributed by atoms with E-state index in [1.54, 1.807) is 16.7 Å². The van der Waals surface area contributed by atoms with Gasteiger partial charge in [-0.15, -0.1) is 16.4 Å². The number of hydrogen-bond acceptors (Lipinski definition) is 6. The highest BCUT2D eigenvalue weighted by Gasteiger charge is 2.25. The average Bonchev–Trinajstić information content (AvgIpc) is 3.22. The Morgan fingerprint density at radius 1 is 1.45 bits per heavy atom. The van der Waals surface area contributed by atoms with Gasteiger partial charge in [0.15, 0.2) is 5.69 Å². The lowest BCUT2D eigenvalue weighted by Gasteiger charge is -2.26. The van der Waals surface area contributed by atoms with Gasteiger partial charge in [0.1, 0.15) is 0 Å². The van der Waals surface area contributed by atoms with Crippen LogP contribution in [0.5, 0.6) is 0 Å². The number of carbonyl (C=O) groups is 1. The van der Waals surface area contributed by atoms with Crippen molar-refractivity contribution in [2.75, 3.05) is 19.6 Å². The fourth-order valence-corrected chi connectivity index (χ4v) is 3.78. The molecule has 2 aromatic heterocycles. The molecule has 1 fully saturated rings. The second kappa shape index (κ2) is 6.43. The number of amides is 1. The van der Waals surface area contributed by atoms with Crippen LogP contribution in [0.4, 0.5) is 0 Å². The third kappa shape index (κ3) is 3.05. The molecule has 1 aliphatic heterocycles. The molecule has 0 aliphatic carbocycles. The minimum absolute atomic E-state index is 0.139. The number of hydrogen-bond donors (Lipinski definition) is 1. The molecule has 0 saturated carbocycles. The summed E-state index contributed by atoms with van der Waals surface area (Å²) in [6.07, 6.45) is 2.48. The summed E-state index contributed by atoms with van der Waals surface area (Å²) in [5, 5.41) is 10.5. The molecule has 1 saturated heterocycles. The highest BCUT2D eigenvalue weighted by atomic mass is 32.1. The lowest BCUT2D eigenvalue weighted by Crippen LogP contribution is -2.36. The zero-order valence-electron chi connectivity index (χ0n) is 11.0. The van der Waals surface area contributed by atoms with Gasteiger partial charge >= 0.3 is 0 Å². The molecule has 2 aromatic rings. The third-order valence-electron chi connectivity index (χ3n) is 3.50. The Kier molecular flexibility index (Phi) is 4.39. The van der Waals surface area contributed by atoms with Crippen LogP contribution in [0.3, 0.4) is 0 Å². The molecule has 20 heavy (non-hydrogen) atoms. The smallest absolute Gasteiger partial charge is 0.272 e. The summed E-state index contributed by atoms with van der Waals surface area (Å²) >= 11 is 2.94. The second-order valence-corrected chi connectivity index (χ2v) is 6.36. The summed E-state index contributed by atoms with van der Waals surface area (Å²) in [5.74, 6) is -0.139. The van der Waals surface area contributed by atoms with Crippen molar-refractivity contribution in [3.8, 4) is 0 Å². The van der Waals surface area contributed by atoms with E-state index in [1.807, 2.05) is 0 Å². The molecule has 0 radical (unpaired) electrons. The first-order valence-corrected chi connectivity index (χ1v) is 8.39. The van der Waals surface area contributed by atoms with Crippen molar-refractivity contribution in [1.29, 1.82) is 0 Å². The molecule has 0 spiro atoms. The summed E-state index contributed by atoms with van der Waals surface area (Å²) in [7, 11) is 0. The molecule has 0 bridgehead atoms. The molecule has 106 valence electrons. The first-order chi connectivity index (χ1) is 9.84. The molecule has 3 heterocycles. The van der Waals surface area contributed by atoms with E-state index in [-0.39, 0.29) is 11.9 Å². The van der Waals surface area contributed by atoms with Crippen molar-refractivity contribution in [3.63, 3.8) is 0 Å². The summed E-state index contributed by atoms with van der Waals surface area (Å²) < 4.78 is 3.72. The number of aromatic nitrogens is 2. The maximum atomic E-state index is 12.0. The number of nitrogens with zero attached hydrogens (tertiary/aromatic N) is 3. The highest BCUT2D eigenvalue weighted by molar-refractivity contribution is 7.10. The van der Waals surface area contributed by atoms with Gasteiger partial charge in [-0.3, -0.25) is 9.69 Å². The van der Waals surface area contributed by atoms with Crippen LogP contribution in [0.1, 0.15) is 34.2 Å². The quantitative estimate of drug-likeness (QED) is 0.919. The SMILES string of the molecule is O=C(NCC(c1cccs1)N1CCCC1)c1csnn1. The molecular weight excluding hydrogens is 292 g/mol. The largest absolute Gasteiger partial charge is 0.349 e. The lowest BCUT2D eigenvalue weighted by molar-refractivity contribution is 0.0933. The minimum atomic E-state index is -0.139. The predicted octanol–water partition coefficient (Wildman–Crippen LogP) is 2.17. The number of thiophene rings is 1. The Morgan fingerprint density at radius 2 is 2.30 bits per heavy atom. The zero-order valence-corrected chi connectivity index (χ0v) is 12.6. The van der Waals surface area contributed by atoms with Crippen LogP contribution in [-0.2, 0) is 0 Å². The van der Waals surface area contributed by atoms with Crippen molar-refractivity contribution in [3.05, 3.63) is 33.5 Å². The normalized spacial score (nSPS) is 17.2. The molecule has 1 aliphatic rings. The van der Waals surface area contributed by atoms with Gasteiger partial charge in [-0.2, -0.15) is 0 Å². The third-order valence-corrected chi connectivity index (χ3v) is 4.98. The number of rotatable bonds is 5. The van der Waals surface area contributed by atoms with E-state index in [4.69, 9.17) is 0 Å². The molecule has 1 unspecified atom stereocenters. The van der Waals surface area contributed by atoms with Crippen molar-refractivity contribution >= 4 is 28.8 Å². The fraction of sp³-hybridized carbons (Fsp3) is 0.462. The van der Waals surface area contributed by atoms with Crippen LogP contribution in [0.25, 0.3) is 0 Å². The fourth-order valence-electron chi connectivity index (χ4n) is 2.49. The van der Waals surface area contributed by atoms with E-state index in [0.717, 1.165) is 13.1 Å². The first-order valence-electron chi connectivity index (χ1n) is 6.67. The summed E-state index contributed by atoms with van der Waals surface area (Å²) in [6, 6.07) is 4.48. The van der Waals surface area contributed by atoms with Crippen LogP contribution in [-0.4, -0.2) is 40.0 Å². The Labute approximate surface area is 125 Å². The highest BCUT2D eigenvalue weighted by Crippen LogP contribution is 2.27. The van der Waals surface area contributed by atoms with Crippen LogP contribution < -0.4 is 5.32 Å². The van der Waals surface area contributed by atoms with Crippen molar-refractivity contribution < 1.29 is 4.79 Å². The molecule has 1 amide bonds. The summed E-state index contributed by atoms with van der Waals surface area (Å²) in [5.41, 5.74) is 0.404. The van der Waals surface area contributed by atoms with Gasteiger partial charge in [0.05, 0.1) is 6.04 Å². The van der Waals surface area contributed by atoms with Gasteiger partial charge in [-0.1, -0.05) is 10.6 Å². The van der Waals surface area contributed by atoms with Gasteiger partial charge in [-0.05, 0) is 48.9 Å². The van der Waals surface area contributed by atoms with Gasteiger partial charge in [0, 0.05) is 16.8 Å². The topological polar surface area (TPSA) is 58.1 Å². The van der Waals surface area contributed by atoms with E-state index in [9.17, 15) is 4.79 Å². The van der Waals surface area contributed by atoms with Crippen molar-refractivity contribution in [2.24, 2.45) is 0 Å². The van der Waals surface area contributed by atoms with Crippen LogP contribution in [0, 0.1) is 0 Å². The van der Waals surface area contributed by atoms with E-state index in [0.29, 0.717) is 12.2 Å². The van der Waals surface area contributed by atoms with Gasteiger partial charge in [0.2, 0.25) is 0 Å². The maximum Gasteiger partial charge on any atom is 0.272 e. The Balaban J connectivity index is 1.66. The van der Waals surface area contributed by atoms with Gasteiger partial charge in [-0.25, -0.2) is 0 Å². The lowest BCUT2D eigenvalue weighted by atomic mass is 10.2. The van der Waals surface area contributed by atoms with Crippen molar-refractivity contribution in [2.45, 2.75) is 18.9 Å². The zero-order chi connectivity index (χ0) is 13.8. The maximum absolute atomic E-state index is 12.0. The standard InChI is InChI=1S/C13H16N4OS2/c18-13(10-9-20-16-15-10)14-8-11(12-4-3-7-19-12)17-5-1-2-6-17/h3-4,7,9,11H,1-2,5-6,8H2,(H,14,18). The second-order valence-electron chi connectivity index (χ2n) is 4.77. The number of carbonyl (C=O) groups excluding carboxylic acids is 1. The molecule has 0 aromatic carbocycles. The van der Waals surface area contributed by atoms with Gasteiger partial charge < -0.3 is 5.32 Å². The molecular formula is C13H16N4OS2. The Morgan fingerprint density at radius 3 is 2.95 bits per heavy atom. The molecule has 1 N–H and O–H groups in total. The van der Waals surface area contributed by atoms with Crippen LogP contribution in [0.2, 0.25) is 0 Å². The molecule has 5 nitrogen and oxygen atoms in total. The summed E-state index contributed by atoms with van der Waals surface area (Å²) in [6.45, 7) is 2.84. The molecule has 1 atom stereocenters. The first kappa shape index (κ1) is 13.7. The number of nitrogens with one attached hydrogen (secondary N) is 1. The predicted molar refractivity (Wildman–Crippen MR) is 80.1 cm³/mol. The minimum Gasteiger partial charge on any atom is -0.349 e. The van der Waals surface area contributed by atoms with E-state index in [2.05, 4.69) is 37.3 Å². The van der Waals surface area contributed by atoms with Crippen molar-refractivity contribution in [1.82, 2.24) is 19.8 Å². The van der Waals surface area contributed by atoms with Crippen LogP contribution in [0.15, 0.2) is 22.9 Å². The van der Waals surface area contributed by atoms with E-state index < -0.39 is 0 Å². The number of likely N-dealkylation sites (tertiary alicyclic amines) is 1. The van der Waals surface area contributed by atoms with Crippen LogP contribution >= 0.6 is 22.9 Å². The Bertz CT molecular complexity index is 535. The van der Waals surface area contributed by atoms with E-state index in [1.165, 1.54) is 29.3 Å². The van der Waals surface area contributed by atoms with Gasteiger partial charge in [0.25, 0.3) is 5.91 Å². The molecule has 3 rings (SSSR count). The monoisotopic (exact) mass is 308 g/mol. The molecule has 7 heteroatoms. The average molecular weight is 308 g/mol. The summed E-state index contributed by atoms with van der Waals surface area (Å²) in [4.78, 5) is 15.7. The van der Waals surface area contributed by atoms with E-state index >= 15 is 0 Å². The Hall–Kier alpha value is -1.31.